The largest absolute Gasteiger partial charge is 0.495 e. The second-order valence-corrected chi connectivity index (χ2v) is 6.81. The molecule has 0 aliphatic heterocycles. The lowest BCUT2D eigenvalue weighted by Crippen LogP contribution is -2.07. The van der Waals surface area contributed by atoms with E-state index in [2.05, 4.69) is 69.8 Å². The minimum Gasteiger partial charge on any atom is -0.495 e. The van der Waals surface area contributed by atoms with Crippen LogP contribution in [0.2, 0.25) is 0 Å². The average molecular weight is 317 g/mol. The SMILES string of the molecule is C=C(/C=C/C(C)=C/C(C)Sc1ccc(N(C)C)cc1)OCC. The summed E-state index contributed by atoms with van der Waals surface area (Å²) in [4.78, 5) is 3.39. The first-order valence-electron chi connectivity index (χ1n) is 7.54. The van der Waals surface area contributed by atoms with Gasteiger partial charge in [-0.05, 0) is 51.1 Å². The van der Waals surface area contributed by atoms with Gasteiger partial charge in [0.25, 0.3) is 0 Å². The molecule has 1 aromatic carbocycles. The summed E-state index contributed by atoms with van der Waals surface area (Å²) in [7, 11) is 4.11. The third-order valence-corrected chi connectivity index (χ3v) is 4.09. The van der Waals surface area contributed by atoms with Crippen LogP contribution in [0.15, 0.2) is 65.3 Å². The number of allylic oxidation sites excluding steroid dienone is 3. The Morgan fingerprint density at radius 1 is 1.27 bits per heavy atom. The van der Waals surface area contributed by atoms with Gasteiger partial charge in [-0.25, -0.2) is 0 Å². The quantitative estimate of drug-likeness (QED) is 0.367. The Morgan fingerprint density at radius 2 is 1.91 bits per heavy atom. The summed E-state index contributed by atoms with van der Waals surface area (Å²) in [6.07, 6.45) is 6.21. The summed E-state index contributed by atoms with van der Waals surface area (Å²) in [5, 5.41) is 0.412. The summed E-state index contributed by atoms with van der Waals surface area (Å²) >= 11 is 1.85. The van der Waals surface area contributed by atoms with Gasteiger partial charge >= 0.3 is 0 Å². The van der Waals surface area contributed by atoms with Crippen LogP contribution in [0, 0.1) is 0 Å². The van der Waals surface area contributed by atoms with E-state index in [-0.39, 0.29) is 0 Å². The van der Waals surface area contributed by atoms with Gasteiger partial charge in [0, 0.05) is 29.9 Å². The highest BCUT2D eigenvalue weighted by molar-refractivity contribution is 8.00. The molecule has 0 fully saturated rings. The van der Waals surface area contributed by atoms with Crippen molar-refractivity contribution >= 4 is 17.4 Å². The van der Waals surface area contributed by atoms with E-state index in [1.165, 1.54) is 16.2 Å². The Bertz CT molecular complexity index is 529. The van der Waals surface area contributed by atoms with E-state index in [1.54, 1.807) is 0 Å². The molecule has 0 aliphatic carbocycles. The van der Waals surface area contributed by atoms with Crippen LogP contribution in [0.5, 0.6) is 0 Å². The average Bonchev–Trinajstić information content (AvgIpc) is 2.46. The fourth-order valence-electron chi connectivity index (χ4n) is 1.96. The first-order chi connectivity index (χ1) is 10.4. The third-order valence-electron chi connectivity index (χ3n) is 3.03. The van der Waals surface area contributed by atoms with Gasteiger partial charge in [-0.3, -0.25) is 0 Å². The summed E-state index contributed by atoms with van der Waals surface area (Å²) < 4.78 is 5.31. The second kappa shape index (κ2) is 9.42. The summed E-state index contributed by atoms with van der Waals surface area (Å²) in [5.74, 6) is 0.704. The first kappa shape index (κ1) is 18.4. The van der Waals surface area contributed by atoms with E-state index in [4.69, 9.17) is 4.74 Å². The van der Waals surface area contributed by atoms with Crippen LogP contribution in [0.4, 0.5) is 5.69 Å². The molecule has 0 radical (unpaired) electrons. The normalized spacial score (nSPS) is 13.2. The van der Waals surface area contributed by atoms with Crippen LogP contribution in [0.3, 0.4) is 0 Å². The Balaban J connectivity index is 2.58. The third kappa shape index (κ3) is 6.90. The van der Waals surface area contributed by atoms with E-state index >= 15 is 0 Å². The van der Waals surface area contributed by atoms with Crippen molar-refractivity contribution in [3.8, 4) is 0 Å². The fraction of sp³-hybridized carbons (Fsp3) is 0.368. The van der Waals surface area contributed by atoms with Crippen LogP contribution in [0.1, 0.15) is 20.8 Å². The lowest BCUT2D eigenvalue weighted by atomic mass is 10.2. The van der Waals surface area contributed by atoms with Gasteiger partial charge in [-0.2, -0.15) is 0 Å². The van der Waals surface area contributed by atoms with Crippen LogP contribution in [-0.4, -0.2) is 26.0 Å². The molecule has 0 saturated heterocycles. The second-order valence-electron chi connectivity index (χ2n) is 5.35. The van der Waals surface area contributed by atoms with Crippen LogP contribution in [0.25, 0.3) is 0 Å². The number of thioether (sulfide) groups is 1. The van der Waals surface area contributed by atoms with Crippen molar-refractivity contribution in [1.29, 1.82) is 0 Å². The molecule has 120 valence electrons. The predicted octanol–water partition coefficient (Wildman–Crippen LogP) is 5.29. The molecule has 0 saturated carbocycles. The maximum Gasteiger partial charge on any atom is 0.112 e. The van der Waals surface area contributed by atoms with Crippen molar-refractivity contribution in [3.63, 3.8) is 0 Å². The molecule has 0 bridgehead atoms. The number of rotatable bonds is 8. The zero-order chi connectivity index (χ0) is 16.5. The number of nitrogens with zero attached hydrogens (tertiary/aromatic N) is 1. The molecule has 1 aromatic rings. The van der Waals surface area contributed by atoms with Gasteiger partial charge in [-0.15, -0.1) is 11.8 Å². The first-order valence-corrected chi connectivity index (χ1v) is 8.42. The van der Waals surface area contributed by atoms with Gasteiger partial charge in [0.1, 0.15) is 5.76 Å². The molecule has 1 atom stereocenters. The molecule has 1 unspecified atom stereocenters. The van der Waals surface area contributed by atoms with Crippen LogP contribution < -0.4 is 4.90 Å². The summed E-state index contributed by atoms with van der Waals surface area (Å²) in [5.41, 5.74) is 2.44. The molecule has 0 heterocycles. The van der Waals surface area contributed by atoms with Crippen molar-refractivity contribution in [3.05, 3.63) is 60.4 Å². The van der Waals surface area contributed by atoms with E-state index in [9.17, 15) is 0 Å². The number of hydrogen-bond acceptors (Lipinski definition) is 3. The van der Waals surface area contributed by atoms with Gasteiger partial charge in [0.15, 0.2) is 0 Å². The van der Waals surface area contributed by atoms with E-state index in [1.807, 2.05) is 30.8 Å². The van der Waals surface area contributed by atoms with Crippen molar-refractivity contribution in [2.45, 2.75) is 30.9 Å². The lowest BCUT2D eigenvalue weighted by Gasteiger charge is -2.13. The fourth-order valence-corrected chi connectivity index (χ4v) is 2.96. The van der Waals surface area contributed by atoms with Gasteiger partial charge in [0.05, 0.1) is 6.61 Å². The highest BCUT2D eigenvalue weighted by atomic mass is 32.2. The minimum atomic E-state index is 0.412. The monoisotopic (exact) mass is 317 g/mol. The molecule has 2 nitrogen and oxygen atoms in total. The van der Waals surface area contributed by atoms with Crippen molar-refractivity contribution in [1.82, 2.24) is 0 Å². The molecule has 0 N–H and O–H groups in total. The summed E-state index contributed by atoms with van der Waals surface area (Å²) in [6, 6.07) is 8.65. The molecule has 0 aliphatic rings. The van der Waals surface area contributed by atoms with Crippen molar-refractivity contribution in [2.75, 3.05) is 25.6 Å². The predicted molar refractivity (Wildman–Crippen MR) is 99.8 cm³/mol. The lowest BCUT2D eigenvalue weighted by molar-refractivity contribution is 0.244. The molecule has 3 heteroatoms. The van der Waals surface area contributed by atoms with Gasteiger partial charge < -0.3 is 9.64 Å². The number of ether oxygens (including phenoxy) is 1. The van der Waals surface area contributed by atoms with Gasteiger partial charge in [-0.1, -0.05) is 24.3 Å². The van der Waals surface area contributed by atoms with E-state index in [0.29, 0.717) is 17.6 Å². The van der Waals surface area contributed by atoms with Crippen molar-refractivity contribution in [2.24, 2.45) is 0 Å². The van der Waals surface area contributed by atoms with Gasteiger partial charge in [0.2, 0.25) is 0 Å². The Morgan fingerprint density at radius 3 is 2.45 bits per heavy atom. The maximum atomic E-state index is 5.31. The summed E-state index contributed by atoms with van der Waals surface area (Å²) in [6.45, 7) is 10.8. The number of anilines is 1. The molecular formula is C19H27NOS. The number of benzene rings is 1. The highest BCUT2D eigenvalue weighted by Crippen LogP contribution is 2.26. The molecule has 0 amide bonds. The molecule has 1 rings (SSSR count). The maximum absolute atomic E-state index is 5.31. The Hall–Kier alpha value is -1.61. The highest BCUT2D eigenvalue weighted by Gasteiger charge is 2.02. The zero-order valence-electron chi connectivity index (χ0n) is 14.3. The van der Waals surface area contributed by atoms with E-state index < -0.39 is 0 Å². The van der Waals surface area contributed by atoms with E-state index in [0.717, 1.165) is 0 Å². The molecule has 22 heavy (non-hydrogen) atoms. The van der Waals surface area contributed by atoms with Crippen LogP contribution >= 0.6 is 11.8 Å². The Labute approximate surface area is 139 Å². The Kier molecular flexibility index (Phi) is 7.89. The molecule has 0 aromatic heterocycles. The molecular weight excluding hydrogens is 290 g/mol. The zero-order valence-corrected chi connectivity index (χ0v) is 15.1. The van der Waals surface area contributed by atoms with Crippen molar-refractivity contribution < 1.29 is 4.74 Å². The smallest absolute Gasteiger partial charge is 0.112 e. The minimum absolute atomic E-state index is 0.412. The number of hydrogen-bond donors (Lipinski definition) is 0. The standard InChI is InChI=1S/C19H27NOS/c1-7-21-16(3)9-8-15(2)14-17(4)22-19-12-10-18(11-13-19)20(5)6/h8-14,17H,3,7H2,1-2,4-6H3/b9-8+,15-14+. The topological polar surface area (TPSA) is 12.5 Å². The molecule has 0 spiro atoms. The van der Waals surface area contributed by atoms with Crippen LogP contribution in [-0.2, 0) is 4.74 Å².